The summed E-state index contributed by atoms with van der Waals surface area (Å²) in [5.74, 6) is 1.56. The van der Waals surface area contributed by atoms with Crippen LogP contribution in [0, 0.1) is 32.1 Å². The van der Waals surface area contributed by atoms with Crippen LogP contribution < -0.4 is 0 Å². The fraction of sp³-hybridized carbons (Fsp3) is 0.174. The van der Waals surface area contributed by atoms with Gasteiger partial charge in [0.1, 0.15) is 15.7 Å². The van der Waals surface area contributed by atoms with Crippen LogP contribution in [0.5, 0.6) is 0 Å². The Morgan fingerprint density at radius 2 is 1.82 bits per heavy atom. The largest absolute Gasteiger partial charge is 0.226 e. The predicted octanol–water partition coefficient (Wildman–Crippen LogP) is 6.45. The zero-order chi connectivity index (χ0) is 19.7. The number of benzene rings is 2. The van der Waals surface area contributed by atoms with E-state index in [1.165, 1.54) is 21.6 Å². The van der Waals surface area contributed by atoms with E-state index in [1.807, 2.05) is 25.1 Å². The maximum atomic E-state index is 9.13. The summed E-state index contributed by atoms with van der Waals surface area (Å²) in [7, 11) is 0. The Bertz CT molecular complexity index is 1200. The van der Waals surface area contributed by atoms with Crippen LogP contribution in [0.15, 0.2) is 53.6 Å². The highest BCUT2D eigenvalue weighted by Gasteiger charge is 2.18. The molecule has 0 saturated carbocycles. The van der Waals surface area contributed by atoms with Crippen molar-refractivity contribution in [3.63, 3.8) is 0 Å². The number of thiophene rings is 1. The van der Waals surface area contributed by atoms with Crippen molar-refractivity contribution >= 4 is 33.3 Å². The minimum Gasteiger partial charge on any atom is -0.226 e. The van der Waals surface area contributed by atoms with Crippen LogP contribution in [0.4, 0.5) is 0 Å². The molecule has 0 N–H and O–H groups in total. The van der Waals surface area contributed by atoms with Gasteiger partial charge in [0.2, 0.25) is 0 Å². The summed E-state index contributed by atoms with van der Waals surface area (Å²) in [5.41, 5.74) is 5.49. The van der Waals surface area contributed by atoms with Crippen molar-refractivity contribution in [3.05, 3.63) is 75.9 Å². The number of hydrogen-bond acceptors (Lipinski definition) is 5. The molecule has 2 aromatic heterocycles. The van der Waals surface area contributed by atoms with Crippen molar-refractivity contribution in [1.82, 2.24) is 9.97 Å². The molecule has 138 valence electrons. The number of nitriles is 1. The Morgan fingerprint density at radius 1 is 1.04 bits per heavy atom. The SMILES string of the molecule is Cc1ccc(-c2c(C)sc3nc(C)nc(SCc4cccc(C#N)c4)c23)cc1. The molecule has 0 spiro atoms. The highest BCUT2D eigenvalue weighted by molar-refractivity contribution is 7.98. The van der Waals surface area contributed by atoms with Gasteiger partial charge in [-0.1, -0.05) is 42.0 Å². The Balaban J connectivity index is 1.79. The summed E-state index contributed by atoms with van der Waals surface area (Å²) in [5, 5.41) is 11.3. The molecule has 28 heavy (non-hydrogen) atoms. The van der Waals surface area contributed by atoms with E-state index in [0.717, 1.165) is 32.4 Å². The molecule has 0 unspecified atom stereocenters. The number of fused-ring (bicyclic) bond motifs is 1. The van der Waals surface area contributed by atoms with Crippen molar-refractivity contribution in [1.29, 1.82) is 5.26 Å². The molecule has 2 aromatic carbocycles. The summed E-state index contributed by atoms with van der Waals surface area (Å²) in [4.78, 5) is 11.8. The number of nitrogens with zero attached hydrogens (tertiary/aromatic N) is 3. The molecule has 0 saturated heterocycles. The van der Waals surface area contributed by atoms with Gasteiger partial charge in [-0.2, -0.15) is 5.26 Å². The molecule has 0 aliphatic carbocycles. The van der Waals surface area contributed by atoms with Crippen molar-refractivity contribution in [2.75, 3.05) is 0 Å². The number of rotatable bonds is 4. The summed E-state index contributed by atoms with van der Waals surface area (Å²) in [6.45, 7) is 6.20. The molecule has 5 heteroatoms. The molecule has 0 aliphatic rings. The molecule has 0 bridgehead atoms. The first kappa shape index (κ1) is 18.7. The quantitative estimate of drug-likeness (QED) is 0.291. The third kappa shape index (κ3) is 3.66. The van der Waals surface area contributed by atoms with Gasteiger partial charge in [-0.05, 0) is 44.0 Å². The first-order chi connectivity index (χ1) is 13.5. The van der Waals surface area contributed by atoms with Crippen LogP contribution in [-0.4, -0.2) is 9.97 Å². The zero-order valence-electron chi connectivity index (χ0n) is 16.0. The summed E-state index contributed by atoms with van der Waals surface area (Å²) >= 11 is 3.43. The topological polar surface area (TPSA) is 49.6 Å². The number of hydrogen-bond donors (Lipinski definition) is 0. The van der Waals surface area contributed by atoms with Gasteiger partial charge in [-0.25, -0.2) is 9.97 Å². The van der Waals surface area contributed by atoms with Gasteiger partial charge in [-0.15, -0.1) is 23.1 Å². The molecule has 4 aromatic rings. The third-order valence-corrected chi connectivity index (χ3v) is 6.62. The fourth-order valence-corrected chi connectivity index (χ4v) is 5.41. The first-order valence-electron chi connectivity index (χ1n) is 9.02. The van der Waals surface area contributed by atoms with Gasteiger partial charge in [0.25, 0.3) is 0 Å². The molecule has 0 atom stereocenters. The molecule has 0 aliphatic heterocycles. The summed E-state index contributed by atoms with van der Waals surface area (Å²) in [6, 6.07) is 18.6. The molecule has 3 nitrogen and oxygen atoms in total. The van der Waals surface area contributed by atoms with E-state index < -0.39 is 0 Å². The van der Waals surface area contributed by atoms with Gasteiger partial charge < -0.3 is 0 Å². The first-order valence-corrected chi connectivity index (χ1v) is 10.8. The normalized spacial score (nSPS) is 10.9. The van der Waals surface area contributed by atoms with E-state index in [0.29, 0.717) is 5.56 Å². The second-order valence-corrected chi connectivity index (χ2v) is 8.92. The summed E-state index contributed by atoms with van der Waals surface area (Å²) in [6.07, 6.45) is 0. The average Bonchev–Trinajstić information content (AvgIpc) is 3.02. The lowest BCUT2D eigenvalue weighted by Crippen LogP contribution is -1.92. The monoisotopic (exact) mass is 401 g/mol. The van der Waals surface area contributed by atoms with E-state index in [1.54, 1.807) is 23.1 Å². The molecule has 0 amide bonds. The van der Waals surface area contributed by atoms with Crippen molar-refractivity contribution in [2.45, 2.75) is 31.6 Å². The molecule has 2 heterocycles. The number of aryl methyl sites for hydroxylation is 3. The van der Waals surface area contributed by atoms with Gasteiger partial charge in [-0.3, -0.25) is 0 Å². The lowest BCUT2D eigenvalue weighted by atomic mass is 10.0. The van der Waals surface area contributed by atoms with Crippen LogP contribution in [0.2, 0.25) is 0 Å². The van der Waals surface area contributed by atoms with E-state index >= 15 is 0 Å². The van der Waals surface area contributed by atoms with Crippen molar-refractivity contribution in [3.8, 4) is 17.2 Å². The Kier molecular flexibility index (Phi) is 5.17. The van der Waals surface area contributed by atoms with Gasteiger partial charge in [0.05, 0.1) is 17.0 Å². The van der Waals surface area contributed by atoms with E-state index in [2.05, 4.69) is 50.2 Å². The molecular formula is C23H19N3S2. The standard InChI is InChI=1S/C23H19N3S2/c1-14-7-9-19(10-8-14)20-15(2)28-23-21(20)22(25-16(3)26-23)27-13-18-6-4-5-17(11-18)12-24/h4-11H,13H2,1-3H3. The van der Waals surface area contributed by atoms with Crippen LogP contribution in [-0.2, 0) is 5.75 Å². The second kappa shape index (κ2) is 7.75. The smallest absolute Gasteiger partial charge is 0.129 e. The van der Waals surface area contributed by atoms with Gasteiger partial charge in [0, 0.05) is 16.2 Å². The summed E-state index contributed by atoms with van der Waals surface area (Å²) < 4.78 is 0. The van der Waals surface area contributed by atoms with Crippen LogP contribution in [0.25, 0.3) is 21.3 Å². The lowest BCUT2D eigenvalue weighted by Gasteiger charge is -2.08. The minimum atomic E-state index is 0.689. The lowest BCUT2D eigenvalue weighted by molar-refractivity contribution is 1.02. The fourth-order valence-electron chi connectivity index (χ4n) is 3.24. The maximum absolute atomic E-state index is 9.13. The molecule has 0 radical (unpaired) electrons. The predicted molar refractivity (Wildman–Crippen MR) is 118 cm³/mol. The Hall–Kier alpha value is -2.68. The van der Waals surface area contributed by atoms with Crippen LogP contribution in [0.3, 0.4) is 0 Å². The second-order valence-electron chi connectivity index (χ2n) is 6.76. The Morgan fingerprint density at radius 3 is 2.57 bits per heavy atom. The van der Waals surface area contributed by atoms with Gasteiger partial charge in [0.15, 0.2) is 0 Å². The molecule has 0 fully saturated rings. The van der Waals surface area contributed by atoms with Crippen LogP contribution in [0.1, 0.15) is 27.4 Å². The molecule has 4 rings (SSSR count). The van der Waals surface area contributed by atoms with E-state index in [9.17, 15) is 0 Å². The molecular weight excluding hydrogens is 382 g/mol. The van der Waals surface area contributed by atoms with E-state index in [-0.39, 0.29) is 0 Å². The van der Waals surface area contributed by atoms with Crippen molar-refractivity contribution in [2.24, 2.45) is 0 Å². The highest BCUT2D eigenvalue weighted by atomic mass is 32.2. The third-order valence-electron chi connectivity index (χ3n) is 4.58. The Labute approximate surface area is 173 Å². The van der Waals surface area contributed by atoms with Crippen LogP contribution >= 0.6 is 23.1 Å². The van der Waals surface area contributed by atoms with Gasteiger partial charge >= 0.3 is 0 Å². The highest BCUT2D eigenvalue weighted by Crippen LogP contribution is 2.42. The van der Waals surface area contributed by atoms with E-state index in [4.69, 9.17) is 15.2 Å². The number of aromatic nitrogens is 2. The average molecular weight is 402 g/mol. The zero-order valence-corrected chi connectivity index (χ0v) is 17.6. The minimum absolute atomic E-state index is 0.689. The maximum Gasteiger partial charge on any atom is 0.129 e. The van der Waals surface area contributed by atoms with Crippen molar-refractivity contribution < 1.29 is 0 Å². The number of thioether (sulfide) groups is 1.